The van der Waals surface area contributed by atoms with E-state index in [9.17, 15) is 9.59 Å². The van der Waals surface area contributed by atoms with Gasteiger partial charge in [0.25, 0.3) is 0 Å². The van der Waals surface area contributed by atoms with Gasteiger partial charge in [0.15, 0.2) is 6.10 Å². The van der Waals surface area contributed by atoms with Crippen LogP contribution >= 0.6 is 0 Å². The molecule has 7 heteroatoms. The normalized spacial score (nSPS) is 26.0. The van der Waals surface area contributed by atoms with Crippen LogP contribution in [-0.4, -0.2) is 49.2 Å². The number of aliphatic carboxylic acids is 1. The van der Waals surface area contributed by atoms with Crippen molar-refractivity contribution < 1.29 is 28.9 Å². The number of primary amides is 1. The number of hydrogen-bond donors (Lipinski definition) is 2. The van der Waals surface area contributed by atoms with Gasteiger partial charge in [-0.2, -0.15) is 0 Å². The Bertz CT molecular complexity index is 230. The molecular weight excluding hydrogens is 194 g/mol. The lowest BCUT2D eigenvalue weighted by atomic mass is 10.2. The van der Waals surface area contributed by atoms with E-state index in [1.807, 2.05) is 0 Å². The van der Waals surface area contributed by atoms with Crippen LogP contribution in [0.15, 0.2) is 0 Å². The van der Waals surface area contributed by atoms with Crippen molar-refractivity contribution in [1.29, 1.82) is 0 Å². The Labute approximate surface area is 79.7 Å². The van der Waals surface area contributed by atoms with Crippen molar-refractivity contribution in [3.63, 3.8) is 0 Å². The predicted octanol–water partition coefficient (Wildman–Crippen LogP) is -1.05. The predicted molar refractivity (Wildman–Crippen MR) is 42.7 cm³/mol. The topological polar surface area (TPSA) is 108 Å². The maximum atomic E-state index is 10.4. The van der Waals surface area contributed by atoms with E-state index in [1.54, 1.807) is 0 Å². The van der Waals surface area contributed by atoms with Gasteiger partial charge in [0.2, 0.25) is 0 Å². The number of carboxylic acids is 1. The zero-order chi connectivity index (χ0) is 10.6. The zero-order valence-corrected chi connectivity index (χ0v) is 7.34. The van der Waals surface area contributed by atoms with Crippen LogP contribution in [0.5, 0.6) is 0 Å². The second-order valence-corrected chi connectivity index (χ2v) is 2.76. The van der Waals surface area contributed by atoms with Crippen molar-refractivity contribution in [1.82, 2.24) is 0 Å². The molecule has 0 aromatic heterocycles. The van der Waals surface area contributed by atoms with Gasteiger partial charge >= 0.3 is 12.1 Å². The first-order valence-corrected chi connectivity index (χ1v) is 3.97. The van der Waals surface area contributed by atoms with E-state index in [-0.39, 0.29) is 13.2 Å². The molecule has 1 fully saturated rings. The van der Waals surface area contributed by atoms with Crippen LogP contribution in [0.2, 0.25) is 0 Å². The van der Waals surface area contributed by atoms with Crippen molar-refractivity contribution in [3.05, 3.63) is 0 Å². The first kappa shape index (κ1) is 10.7. The van der Waals surface area contributed by atoms with E-state index in [0.717, 1.165) is 0 Å². The van der Waals surface area contributed by atoms with Crippen molar-refractivity contribution in [2.75, 3.05) is 19.8 Å². The lowest BCUT2D eigenvalue weighted by Crippen LogP contribution is -2.35. The van der Waals surface area contributed by atoms with Crippen molar-refractivity contribution in [3.8, 4) is 0 Å². The van der Waals surface area contributed by atoms with Crippen molar-refractivity contribution >= 4 is 12.1 Å². The third-order valence-electron chi connectivity index (χ3n) is 1.67. The summed E-state index contributed by atoms with van der Waals surface area (Å²) in [4.78, 5) is 20.6. The Morgan fingerprint density at radius 3 is 2.64 bits per heavy atom. The molecule has 1 rings (SSSR count). The van der Waals surface area contributed by atoms with Gasteiger partial charge in [0.1, 0.15) is 12.7 Å². The molecule has 2 unspecified atom stereocenters. The van der Waals surface area contributed by atoms with E-state index < -0.39 is 30.9 Å². The highest BCUT2D eigenvalue weighted by Gasteiger charge is 2.32. The Balaban J connectivity index is 2.35. The fraction of sp³-hybridized carbons (Fsp3) is 0.714. The quantitative estimate of drug-likeness (QED) is 0.606. The van der Waals surface area contributed by atoms with E-state index in [2.05, 4.69) is 4.74 Å². The molecule has 2 atom stereocenters. The average molecular weight is 205 g/mol. The molecule has 80 valence electrons. The van der Waals surface area contributed by atoms with Gasteiger partial charge in [0.05, 0.1) is 13.2 Å². The molecule has 1 aliphatic rings. The van der Waals surface area contributed by atoms with Crippen LogP contribution in [0.3, 0.4) is 0 Å². The first-order chi connectivity index (χ1) is 6.59. The minimum Gasteiger partial charge on any atom is -0.480 e. The van der Waals surface area contributed by atoms with Gasteiger partial charge in [0, 0.05) is 0 Å². The molecule has 1 heterocycles. The molecule has 0 aromatic carbocycles. The minimum atomic E-state index is -1.09. The molecule has 1 aliphatic heterocycles. The lowest BCUT2D eigenvalue weighted by Gasteiger charge is -2.16. The largest absolute Gasteiger partial charge is 0.480 e. The summed E-state index contributed by atoms with van der Waals surface area (Å²) in [6.07, 6.45) is -2.10. The summed E-state index contributed by atoms with van der Waals surface area (Å²) in [5.41, 5.74) is 4.80. The molecule has 0 bridgehead atoms. The van der Waals surface area contributed by atoms with Crippen LogP contribution < -0.4 is 5.73 Å². The second-order valence-electron chi connectivity index (χ2n) is 2.76. The summed E-state index contributed by atoms with van der Waals surface area (Å²) >= 11 is 0. The van der Waals surface area contributed by atoms with Gasteiger partial charge in [-0.05, 0) is 0 Å². The third-order valence-corrected chi connectivity index (χ3v) is 1.67. The van der Waals surface area contributed by atoms with Crippen molar-refractivity contribution in [2.24, 2.45) is 5.73 Å². The minimum absolute atomic E-state index is 0.174. The van der Waals surface area contributed by atoms with Crippen molar-refractivity contribution in [2.45, 2.75) is 12.2 Å². The van der Waals surface area contributed by atoms with Gasteiger partial charge in [-0.1, -0.05) is 0 Å². The van der Waals surface area contributed by atoms with E-state index >= 15 is 0 Å². The number of amides is 1. The van der Waals surface area contributed by atoms with Gasteiger partial charge < -0.3 is 25.1 Å². The molecule has 0 radical (unpaired) electrons. The van der Waals surface area contributed by atoms with E-state index in [1.165, 1.54) is 0 Å². The standard InChI is InChI=1S/C7H11NO6/c8-7(11)14-5-2-12-1-4(5)13-3-6(9)10/h4-5H,1-3H2,(H2,8,11)(H,9,10). The number of carbonyl (C=O) groups is 2. The molecule has 14 heavy (non-hydrogen) atoms. The lowest BCUT2D eigenvalue weighted by molar-refractivity contribution is -0.145. The Morgan fingerprint density at radius 2 is 2.07 bits per heavy atom. The molecule has 0 aromatic rings. The van der Waals surface area contributed by atoms with Crippen LogP contribution in [0.4, 0.5) is 4.79 Å². The average Bonchev–Trinajstić information content (AvgIpc) is 2.47. The molecule has 7 nitrogen and oxygen atoms in total. The van der Waals surface area contributed by atoms with E-state index in [0.29, 0.717) is 0 Å². The highest BCUT2D eigenvalue weighted by atomic mass is 16.6. The molecule has 1 amide bonds. The van der Waals surface area contributed by atoms with Gasteiger partial charge in [-0.3, -0.25) is 0 Å². The van der Waals surface area contributed by atoms with Crippen LogP contribution in [0, 0.1) is 0 Å². The van der Waals surface area contributed by atoms with Gasteiger partial charge in [-0.15, -0.1) is 0 Å². The first-order valence-electron chi connectivity index (χ1n) is 3.97. The maximum Gasteiger partial charge on any atom is 0.404 e. The van der Waals surface area contributed by atoms with Crippen LogP contribution in [0.25, 0.3) is 0 Å². The highest BCUT2D eigenvalue weighted by molar-refractivity contribution is 5.68. The molecular formula is C7H11NO6. The Kier molecular flexibility index (Phi) is 3.66. The monoisotopic (exact) mass is 205 g/mol. The summed E-state index contributed by atoms with van der Waals surface area (Å²) in [6, 6.07) is 0. The summed E-state index contributed by atoms with van der Waals surface area (Å²) in [6.45, 7) is -0.0783. The fourth-order valence-corrected chi connectivity index (χ4v) is 1.11. The van der Waals surface area contributed by atoms with Crippen LogP contribution in [-0.2, 0) is 19.0 Å². The van der Waals surface area contributed by atoms with Gasteiger partial charge in [-0.25, -0.2) is 9.59 Å². The molecule has 0 saturated carbocycles. The Morgan fingerprint density at radius 1 is 1.43 bits per heavy atom. The number of hydrogen-bond acceptors (Lipinski definition) is 5. The molecule has 3 N–H and O–H groups in total. The smallest absolute Gasteiger partial charge is 0.404 e. The number of carboxylic acid groups (broad SMARTS) is 1. The number of rotatable bonds is 4. The third kappa shape index (κ3) is 3.19. The molecule has 1 saturated heterocycles. The number of ether oxygens (including phenoxy) is 3. The summed E-state index contributed by atoms with van der Waals surface area (Å²) in [5, 5.41) is 8.34. The molecule has 0 aliphatic carbocycles. The summed E-state index contributed by atoms with van der Waals surface area (Å²) in [5.74, 6) is -1.09. The number of carbonyl (C=O) groups excluding carboxylic acids is 1. The summed E-state index contributed by atoms with van der Waals surface area (Å²) in [7, 11) is 0. The fourth-order valence-electron chi connectivity index (χ4n) is 1.11. The van der Waals surface area contributed by atoms with E-state index in [4.69, 9.17) is 20.3 Å². The highest BCUT2D eigenvalue weighted by Crippen LogP contribution is 2.13. The Hall–Kier alpha value is -1.34. The summed E-state index contributed by atoms with van der Waals surface area (Å²) < 4.78 is 14.5. The molecule has 0 spiro atoms. The van der Waals surface area contributed by atoms with Crippen LogP contribution in [0.1, 0.15) is 0 Å². The number of nitrogens with two attached hydrogens (primary N) is 1. The maximum absolute atomic E-state index is 10.4. The second kappa shape index (κ2) is 4.77. The zero-order valence-electron chi connectivity index (χ0n) is 7.34. The SMILES string of the molecule is NC(=O)OC1COCC1OCC(=O)O.